The minimum Gasteiger partial charge on any atom is -0.744 e. The van der Waals surface area contributed by atoms with Crippen molar-refractivity contribution in [3.8, 4) is 111 Å². The van der Waals surface area contributed by atoms with Crippen LogP contribution in [0.2, 0.25) is 0 Å². The fourth-order valence-electron chi connectivity index (χ4n) is 20.4. The molecule has 0 saturated heterocycles. The number of halogens is 5. The minimum absolute atomic E-state index is 0. The van der Waals surface area contributed by atoms with Crippen LogP contribution < -0.4 is 30.9 Å². The van der Waals surface area contributed by atoms with Crippen molar-refractivity contribution < 1.29 is 88.5 Å². The molecule has 15 aromatic rings. The van der Waals surface area contributed by atoms with Crippen molar-refractivity contribution in [1.82, 2.24) is 39.9 Å². The average Bonchev–Trinajstić information content (AvgIpc) is 1.56. The predicted octanol–water partition coefficient (Wildman–Crippen LogP) is 26.2. The summed E-state index contributed by atoms with van der Waals surface area (Å²) < 4.78 is 128. The third kappa shape index (κ3) is 16.3. The Morgan fingerprint density at radius 2 is 0.522 bits per heavy atom. The number of hydrogen-bond acceptors (Lipinski definition) is 12. The quantitative estimate of drug-likeness (QED) is 0.0123. The maximum absolute atomic E-state index is 16.7. The molecule has 0 aliphatic carbocycles. The van der Waals surface area contributed by atoms with Gasteiger partial charge in [-0.15, -0.1) is 44.1 Å². The van der Waals surface area contributed by atoms with Gasteiger partial charge in [0.05, 0.1) is 68.1 Å². The molecule has 0 unspecified atom stereocenters. The number of anilines is 1. The number of nitrogens with zero attached hydrogens (tertiary/aromatic N) is 8. The van der Waals surface area contributed by atoms with E-state index in [2.05, 4.69) is 70.8 Å². The molecular weight excluding hydrogens is 1830 g/mol. The second-order valence-corrected chi connectivity index (χ2v) is 37.0. The standard InChI is InChI=1S/C110H86F5N9O6S2.2Zn/c1-51-37-55(5)91(56(6)38-51)98-75-23-21-73(117-75)97(67-17-19-70(116)20-18-67)74-22-24-76(118-74)99(92-57(7)39-52(2)40-58(92)8)78-26-30-84(120-78)102(83-29-25-77(98)119-83)95-63(13)45-68(46-64(95)14)71-50-90(132(126,127)128)72(49-89(71)131-130-129-125)69-47-65(15)96(66(16)48-69)103-85-31-27-79(121-85)100(93-59(9)41-53(3)42-60(93)10)81-33-35-87(123-81)104(105-106(111)108(113)110(115)109(114)107(105)112)88-36-34-82(124-88)101(80-28-32-86(103)122-80)94-61(11)43-54(4)44-62(94)12;;/h17-50,125H,116H2,1-16H3,(H,126,127,128);;/q-4;2*+2/p-2. The molecule has 4 aliphatic heterocycles. The molecule has 15 nitrogen and oxygen atoms in total. The van der Waals surface area contributed by atoms with Crippen LogP contribution in [0.4, 0.5) is 27.6 Å². The molecule has 0 saturated carbocycles. The van der Waals surface area contributed by atoms with Crippen molar-refractivity contribution >= 4 is 121 Å². The Balaban J connectivity index is 0.00000625. The molecule has 0 atom stereocenters. The number of nitrogens with two attached hydrogens (primary N) is 1. The number of aromatic nitrogens is 8. The SMILES string of the molecule is Cc1cc(C)c(-c2c3nc(c(-c4c(C)cc(-c5cc(S(=O)(=O)[O-])c(-c6cc(C)c(-c7c8nc(c(-c9c(C)cc(C)cc9C)c9ccc([n-]9)c(-c9c(F)c(F)c(F)c(F)c9F)c9nc(c(-c%10c(C)cc(C)cc%10C)c%10ccc7[n-]%10)C=C9)C=C8)c(C)c6)cc5SOO[O-])cc4C)c4ccc([n-]4)c(-c4c(C)cc(C)cc4C)c4nc(c(-c5ccc(N)cc5)c5ccc2[n-]5)C=C4)C=C3)c(C)c1.[Zn+2].[Zn+2]. The Kier molecular flexibility index (Phi) is 24.8. The van der Waals surface area contributed by atoms with Crippen molar-refractivity contribution in [1.29, 1.82) is 0 Å². The number of aryl methyl sites for hydroxylation is 16. The van der Waals surface area contributed by atoms with Crippen LogP contribution >= 0.6 is 12.0 Å². The van der Waals surface area contributed by atoms with E-state index < -0.39 is 55.2 Å². The topological polar surface area (TPSA) is 233 Å². The molecule has 19 rings (SSSR count). The van der Waals surface area contributed by atoms with Gasteiger partial charge < -0.3 is 35.5 Å². The van der Waals surface area contributed by atoms with Gasteiger partial charge in [-0.3, -0.25) is 5.04 Å². The van der Waals surface area contributed by atoms with Crippen LogP contribution in [-0.4, -0.2) is 32.9 Å². The van der Waals surface area contributed by atoms with Gasteiger partial charge in [0.25, 0.3) is 0 Å². The third-order valence-electron chi connectivity index (χ3n) is 25.3. The summed E-state index contributed by atoms with van der Waals surface area (Å²) in [6.07, 6.45) is 14.8. The number of hydrogen-bond donors (Lipinski definition) is 1. The molecular formula is C110H84F5N9O6S2Zn2-2. The summed E-state index contributed by atoms with van der Waals surface area (Å²) in [6.45, 7) is 31.8. The first kappa shape index (κ1) is 92.8. The molecule has 2 N–H and O–H groups in total. The summed E-state index contributed by atoms with van der Waals surface area (Å²) >= 11 is 0.542. The Morgan fingerprint density at radius 3 is 0.784 bits per heavy atom. The van der Waals surface area contributed by atoms with Crippen LogP contribution in [0.25, 0.3) is 204 Å². The fourth-order valence-corrected chi connectivity index (χ4v) is 21.6. The average molecular weight is 1920 g/mol. The van der Waals surface area contributed by atoms with E-state index in [-0.39, 0.29) is 77.4 Å². The van der Waals surface area contributed by atoms with Gasteiger partial charge in [-0.2, -0.15) is 4.33 Å². The smallest absolute Gasteiger partial charge is 0.744 e. The van der Waals surface area contributed by atoms with E-state index in [1.165, 1.54) is 24.3 Å². The van der Waals surface area contributed by atoms with Crippen molar-refractivity contribution in [2.45, 2.75) is 121 Å². The molecule has 6 aromatic heterocycles. The van der Waals surface area contributed by atoms with E-state index in [1.807, 2.05) is 203 Å². The maximum Gasteiger partial charge on any atom is 2.00 e. The molecule has 9 aromatic carbocycles. The van der Waals surface area contributed by atoms with Gasteiger partial charge in [-0.05, 0) is 351 Å². The first-order valence-electron chi connectivity index (χ1n) is 42.9. The first-order chi connectivity index (χ1) is 63.1. The van der Waals surface area contributed by atoms with Gasteiger partial charge in [0.15, 0.2) is 23.3 Å². The summed E-state index contributed by atoms with van der Waals surface area (Å²) in [6, 6.07) is 49.4. The maximum atomic E-state index is 16.7. The molecule has 10 heterocycles. The van der Waals surface area contributed by atoms with Gasteiger partial charge in [0, 0.05) is 16.1 Å². The number of benzene rings is 9. The Bertz CT molecular complexity index is 7990. The summed E-state index contributed by atoms with van der Waals surface area (Å²) in [5.41, 5.74) is 37.6. The number of nitrogen functional groups attached to an aromatic ring is 1. The van der Waals surface area contributed by atoms with Gasteiger partial charge >= 0.3 is 39.0 Å². The summed E-state index contributed by atoms with van der Waals surface area (Å²) in [5.74, 6) is -10.7. The van der Waals surface area contributed by atoms with E-state index >= 15 is 22.0 Å². The zero-order valence-electron chi connectivity index (χ0n) is 76.4. The van der Waals surface area contributed by atoms with Crippen LogP contribution in [0.1, 0.15) is 135 Å². The van der Waals surface area contributed by atoms with Crippen molar-refractivity contribution in [3.63, 3.8) is 0 Å². The largest absolute Gasteiger partial charge is 2.00 e. The fraction of sp³-hybridized carbons (Fsp3) is 0.145. The predicted molar refractivity (Wildman–Crippen MR) is 517 cm³/mol. The molecule has 0 radical (unpaired) electrons. The first-order valence-corrected chi connectivity index (χ1v) is 45.1. The normalized spacial score (nSPS) is 12.2. The van der Waals surface area contributed by atoms with Crippen LogP contribution in [0.15, 0.2) is 168 Å². The van der Waals surface area contributed by atoms with E-state index in [0.717, 1.165) is 106 Å². The zero-order valence-corrected chi connectivity index (χ0v) is 83.9. The van der Waals surface area contributed by atoms with Crippen LogP contribution in [-0.2, 0) is 58.4 Å². The van der Waals surface area contributed by atoms with Crippen LogP contribution in [0.5, 0.6) is 0 Å². The summed E-state index contributed by atoms with van der Waals surface area (Å²) in [4.78, 5) is 43.2. The molecule has 24 heteroatoms. The third-order valence-corrected chi connectivity index (χ3v) is 26.8. The van der Waals surface area contributed by atoms with E-state index in [9.17, 15) is 18.2 Å². The Morgan fingerprint density at radius 1 is 0.291 bits per heavy atom. The van der Waals surface area contributed by atoms with Gasteiger partial charge in [-0.25, -0.2) is 50.3 Å². The van der Waals surface area contributed by atoms with Crippen molar-refractivity contribution in [3.05, 3.63) is 321 Å². The molecule has 4 aliphatic rings. The molecule has 16 bridgehead atoms. The minimum atomic E-state index is -5.40. The monoisotopic (exact) mass is 1910 g/mol. The second kappa shape index (κ2) is 35.8. The van der Waals surface area contributed by atoms with Crippen molar-refractivity contribution in [2.75, 3.05) is 5.73 Å². The zero-order chi connectivity index (χ0) is 93.0. The molecule has 0 amide bonds. The van der Waals surface area contributed by atoms with Gasteiger partial charge in [0.2, 0.25) is 5.82 Å². The second-order valence-electron chi connectivity index (χ2n) is 34.9. The molecule has 658 valence electrons. The number of rotatable bonds is 14. The van der Waals surface area contributed by atoms with E-state index in [0.29, 0.717) is 157 Å². The number of fused-ring (bicyclic) bond motifs is 16. The van der Waals surface area contributed by atoms with Gasteiger partial charge in [0.1, 0.15) is 10.1 Å². The molecule has 0 spiro atoms. The van der Waals surface area contributed by atoms with Crippen molar-refractivity contribution in [2.24, 2.45) is 0 Å². The Hall–Kier alpha value is -13.0. The van der Waals surface area contributed by atoms with Gasteiger partial charge in [-0.1, -0.05) is 156 Å². The Labute approximate surface area is 801 Å². The van der Waals surface area contributed by atoms with Crippen LogP contribution in [0.3, 0.4) is 0 Å². The molecule has 134 heavy (non-hydrogen) atoms. The molecule has 0 fully saturated rings. The van der Waals surface area contributed by atoms with Crippen LogP contribution in [0, 0.1) is 140 Å². The van der Waals surface area contributed by atoms with E-state index in [1.54, 1.807) is 24.3 Å². The summed E-state index contributed by atoms with van der Waals surface area (Å²) in [5, 5.41) is 16.3. The van der Waals surface area contributed by atoms with E-state index in [4.69, 9.17) is 49.9 Å². The summed E-state index contributed by atoms with van der Waals surface area (Å²) in [7, 11) is -5.40.